The summed E-state index contributed by atoms with van der Waals surface area (Å²) in [4.78, 5) is 0. The van der Waals surface area contributed by atoms with Gasteiger partial charge in [-0.3, -0.25) is 0 Å². The van der Waals surface area contributed by atoms with Crippen molar-refractivity contribution in [1.29, 1.82) is 0 Å². The largest absolute Gasteiger partial charge is 3.00 e. The van der Waals surface area contributed by atoms with Crippen molar-refractivity contribution in [2.24, 2.45) is 0 Å². The Hall–Kier alpha value is 1.21. The molecule has 0 heterocycles. The molecule has 0 rings (SSSR count). The first-order valence-electron chi connectivity index (χ1n) is 9.07. The van der Waals surface area contributed by atoms with Crippen LogP contribution in [0.3, 0.4) is 0 Å². The van der Waals surface area contributed by atoms with E-state index in [4.69, 9.17) is 5.11 Å². The topological polar surface area (TPSA) is 34.3 Å². The van der Waals surface area contributed by atoms with Gasteiger partial charge >= 0.3 is 21.7 Å². The molecule has 0 aliphatic rings. The van der Waals surface area contributed by atoms with E-state index in [2.05, 4.69) is 19.2 Å². The third-order valence-corrected chi connectivity index (χ3v) is 3.34. The van der Waals surface area contributed by atoms with Crippen molar-refractivity contribution in [2.45, 2.75) is 97.8 Å². The molecule has 0 spiro atoms. The Morgan fingerprint density at radius 1 is 0.565 bits per heavy atom. The van der Waals surface area contributed by atoms with E-state index in [0.29, 0.717) is 0 Å². The van der Waals surface area contributed by atoms with E-state index in [0.717, 1.165) is 13.1 Å². The second-order valence-electron chi connectivity index (χ2n) is 5.52. The Kier molecular flexibility index (Phi) is 59.4. The first kappa shape index (κ1) is 35.3. The molecule has 1 N–H and O–H groups in total. The van der Waals surface area contributed by atoms with Crippen LogP contribution in [0.5, 0.6) is 0 Å². The minimum absolute atomic E-state index is 0. The van der Waals surface area contributed by atoms with Crippen molar-refractivity contribution in [3.63, 3.8) is 0 Å². The molecule has 0 aromatic heterocycles. The van der Waals surface area contributed by atoms with Gasteiger partial charge in [0, 0.05) is 6.61 Å². The molecule has 0 amide bonds. The zero-order valence-corrected chi connectivity index (χ0v) is 18.8. The molecule has 0 aromatic rings. The first-order chi connectivity index (χ1) is 9.83. The monoisotopic (exact) mass is 404 g/mol. The maximum Gasteiger partial charge on any atom is 3.00 e. The Morgan fingerprint density at radius 2 is 0.826 bits per heavy atom. The summed E-state index contributed by atoms with van der Waals surface area (Å²) >= 11 is 0. The van der Waals surface area contributed by atoms with Crippen LogP contribution in [0.25, 0.3) is 5.32 Å². The average molecular weight is 405 g/mol. The molecule has 0 bridgehead atoms. The van der Waals surface area contributed by atoms with Crippen molar-refractivity contribution in [2.75, 3.05) is 19.7 Å². The minimum Gasteiger partial charge on any atom is -1.00 e. The van der Waals surface area contributed by atoms with Crippen LogP contribution in [0.15, 0.2) is 0 Å². The number of rotatable bonds is 14. The molecule has 0 saturated heterocycles. The molecule has 1 radical (unpaired) electrons. The zero-order chi connectivity index (χ0) is 15.3. The molecule has 0 aliphatic heterocycles. The molecule has 0 unspecified atom stereocenters. The maximum atomic E-state index is 7.57. The summed E-state index contributed by atoms with van der Waals surface area (Å²) < 4.78 is 0. The molecule has 2 nitrogen and oxygen atoms in total. The zero-order valence-electron chi connectivity index (χ0n) is 15.8. The second-order valence-corrected chi connectivity index (χ2v) is 5.52. The fraction of sp³-hybridized carbons (Fsp3) is 1.00. The van der Waals surface area contributed by atoms with E-state index in [1.54, 1.807) is 6.92 Å². The molecular formula is C18H40Cl2NOTi. The van der Waals surface area contributed by atoms with Crippen molar-refractivity contribution < 1.29 is 51.6 Å². The molecule has 0 aromatic carbocycles. The summed E-state index contributed by atoms with van der Waals surface area (Å²) in [5, 5.41) is 12.2. The van der Waals surface area contributed by atoms with E-state index in [1.165, 1.54) is 77.0 Å². The maximum absolute atomic E-state index is 7.57. The van der Waals surface area contributed by atoms with E-state index in [-0.39, 0.29) is 53.1 Å². The van der Waals surface area contributed by atoms with Crippen molar-refractivity contribution in [3.05, 3.63) is 5.32 Å². The number of hydrogen-bond acceptors (Lipinski definition) is 1. The Labute approximate surface area is 174 Å². The molecule has 141 valence electrons. The van der Waals surface area contributed by atoms with Gasteiger partial charge in [0.25, 0.3) is 0 Å². The van der Waals surface area contributed by atoms with Gasteiger partial charge in [0.05, 0.1) is 0 Å². The van der Waals surface area contributed by atoms with Crippen molar-refractivity contribution >= 4 is 0 Å². The predicted molar refractivity (Wildman–Crippen MR) is 92.6 cm³/mol. The van der Waals surface area contributed by atoms with Crippen LogP contribution < -0.4 is 24.8 Å². The normalized spacial score (nSPS) is 8.87. The van der Waals surface area contributed by atoms with Crippen LogP contribution in [0.2, 0.25) is 0 Å². The molecular weight excluding hydrogens is 365 g/mol. The van der Waals surface area contributed by atoms with Gasteiger partial charge in [0.2, 0.25) is 0 Å². The first-order valence-corrected chi connectivity index (χ1v) is 9.07. The molecule has 5 heteroatoms. The standard InChI is InChI=1S/C16H34N.C2H6O.2ClH.Ti/c1-3-5-7-9-11-13-15-17-16-14-12-10-8-6-4-2;1-2-3;;;/h3-16H2,1-2H3;3H,2H2,1H3;2*1H;/q-1;;;;+3/p-2. The fourth-order valence-electron chi connectivity index (χ4n) is 2.12. The van der Waals surface area contributed by atoms with Crippen LogP contribution in [0.4, 0.5) is 0 Å². The Balaban J connectivity index is -0.000000166. The Morgan fingerprint density at radius 3 is 1.13 bits per heavy atom. The smallest absolute Gasteiger partial charge is 1.00 e. The van der Waals surface area contributed by atoms with Gasteiger partial charge in [-0.1, -0.05) is 90.9 Å². The third-order valence-electron chi connectivity index (χ3n) is 3.34. The van der Waals surface area contributed by atoms with Gasteiger partial charge in [-0.15, -0.1) is 13.1 Å². The summed E-state index contributed by atoms with van der Waals surface area (Å²) in [7, 11) is 0. The van der Waals surface area contributed by atoms with Gasteiger partial charge in [0.15, 0.2) is 0 Å². The third kappa shape index (κ3) is 45.1. The van der Waals surface area contributed by atoms with Crippen molar-refractivity contribution in [1.82, 2.24) is 0 Å². The number of aliphatic hydroxyl groups excluding tert-OH is 1. The summed E-state index contributed by atoms with van der Waals surface area (Å²) in [6, 6.07) is 0. The molecule has 0 atom stereocenters. The van der Waals surface area contributed by atoms with E-state index >= 15 is 0 Å². The minimum atomic E-state index is 0. The van der Waals surface area contributed by atoms with Crippen LogP contribution in [-0.4, -0.2) is 24.8 Å². The second kappa shape index (κ2) is 38.7. The Bertz CT molecular complexity index is 141. The molecule has 0 fully saturated rings. The van der Waals surface area contributed by atoms with Crippen LogP contribution in [-0.2, 0) is 21.7 Å². The molecule has 0 aliphatic carbocycles. The van der Waals surface area contributed by atoms with E-state index in [1.807, 2.05) is 0 Å². The van der Waals surface area contributed by atoms with Gasteiger partial charge in [-0.2, -0.15) is 0 Å². The van der Waals surface area contributed by atoms with E-state index < -0.39 is 0 Å². The number of unbranched alkanes of at least 4 members (excludes halogenated alkanes) is 10. The van der Waals surface area contributed by atoms with Crippen LogP contribution >= 0.6 is 0 Å². The fourth-order valence-corrected chi connectivity index (χ4v) is 2.12. The summed E-state index contributed by atoms with van der Waals surface area (Å²) in [6.07, 6.45) is 16.6. The SMILES string of the molecule is CCCCCCCC[N-]CCCCCCCC.CCO.[Cl-].[Cl-].[Ti+3]. The summed E-state index contributed by atoms with van der Waals surface area (Å²) in [6.45, 7) is 8.70. The quantitative estimate of drug-likeness (QED) is 0.323. The van der Waals surface area contributed by atoms with E-state index in [9.17, 15) is 0 Å². The number of hydrogen-bond donors (Lipinski definition) is 1. The van der Waals surface area contributed by atoms with Crippen LogP contribution in [0, 0.1) is 0 Å². The molecule has 23 heavy (non-hydrogen) atoms. The number of aliphatic hydroxyl groups is 1. The molecule has 0 saturated carbocycles. The van der Waals surface area contributed by atoms with Crippen LogP contribution in [0.1, 0.15) is 97.8 Å². The van der Waals surface area contributed by atoms with Gasteiger partial charge in [0.1, 0.15) is 0 Å². The van der Waals surface area contributed by atoms with Gasteiger partial charge in [-0.25, -0.2) is 0 Å². The predicted octanol–water partition coefficient (Wildman–Crippen LogP) is 0.0852. The summed E-state index contributed by atoms with van der Waals surface area (Å²) in [5.41, 5.74) is 0. The number of nitrogens with zero attached hydrogens (tertiary/aromatic N) is 1. The van der Waals surface area contributed by atoms with Gasteiger partial charge in [-0.05, 0) is 6.92 Å². The van der Waals surface area contributed by atoms with Crippen molar-refractivity contribution in [3.8, 4) is 0 Å². The summed E-state index contributed by atoms with van der Waals surface area (Å²) in [5.74, 6) is 0. The number of halogens is 2. The van der Waals surface area contributed by atoms with Gasteiger partial charge < -0.3 is 35.2 Å². The average Bonchev–Trinajstić information content (AvgIpc) is 2.45.